The van der Waals surface area contributed by atoms with Crippen molar-refractivity contribution in [3.05, 3.63) is 29.8 Å². The maximum atomic E-state index is 10.1. The van der Waals surface area contributed by atoms with Gasteiger partial charge >= 0.3 is 0 Å². The Hall–Kier alpha value is -1.02. The van der Waals surface area contributed by atoms with Crippen molar-refractivity contribution in [2.24, 2.45) is 5.92 Å². The monoisotopic (exact) mass is 190 g/mol. The normalized spacial score (nSPS) is 34.5. The van der Waals surface area contributed by atoms with Crippen molar-refractivity contribution in [1.29, 1.82) is 0 Å². The first-order valence-electron chi connectivity index (χ1n) is 5.21. The van der Waals surface area contributed by atoms with E-state index in [1.54, 1.807) is 0 Å². The molecule has 1 aliphatic carbocycles. The molecule has 0 aromatic heterocycles. The van der Waals surface area contributed by atoms with Gasteiger partial charge in [0, 0.05) is 6.42 Å². The average Bonchev–Trinajstić information content (AvgIpc) is 2.77. The third kappa shape index (κ3) is 1.22. The van der Waals surface area contributed by atoms with Gasteiger partial charge in [-0.3, -0.25) is 0 Å². The molecule has 0 amide bonds. The van der Waals surface area contributed by atoms with Gasteiger partial charge in [-0.1, -0.05) is 18.2 Å². The molecular weight excluding hydrogens is 176 g/mol. The van der Waals surface area contributed by atoms with E-state index in [1.807, 2.05) is 24.3 Å². The lowest BCUT2D eigenvalue weighted by molar-refractivity contribution is 0.118. The van der Waals surface area contributed by atoms with Crippen LogP contribution in [-0.2, 0) is 6.42 Å². The first-order valence-corrected chi connectivity index (χ1v) is 5.21. The van der Waals surface area contributed by atoms with Gasteiger partial charge in [-0.05, 0) is 30.4 Å². The maximum absolute atomic E-state index is 10.1. The van der Waals surface area contributed by atoms with E-state index in [9.17, 15) is 5.11 Å². The highest BCUT2D eigenvalue weighted by atomic mass is 16.5. The molecule has 2 unspecified atom stereocenters. The number of para-hydroxylation sites is 1. The fourth-order valence-electron chi connectivity index (χ4n) is 2.39. The van der Waals surface area contributed by atoms with E-state index in [-0.39, 0.29) is 0 Å². The molecule has 0 radical (unpaired) electrons. The van der Waals surface area contributed by atoms with Crippen molar-refractivity contribution >= 4 is 0 Å². The molecule has 0 saturated heterocycles. The van der Waals surface area contributed by atoms with Crippen LogP contribution in [0.4, 0.5) is 0 Å². The second kappa shape index (κ2) is 2.74. The number of rotatable bonds is 0. The lowest BCUT2D eigenvalue weighted by Gasteiger charge is -2.18. The Kier molecular flexibility index (Phi) is 1.62. The molecule has 2 aliphatic rings. The van der Waals surface area contributed by atoms with E-state index in [0.717, 1.165) is 37.2 Å². The van der Waals surface area contributed by atoms with Crippen molar-refractivity contribution in [1.82, 2.24) is 0 Å². The number of hydrogen-bond donors (Lipinski definition) is 1. The summed E-state index contributed by atoms with van der Waals surface area (Å²) in [6.07, 6.45) is 2.70. The summed E-state index contributed by atoms with van der Waals surface area (Å²) < 4.78 is 5.66. The summed E-state index contributed by atoms with van der Waals surface area (Å²) in [4.78, 5) is 0. The number of fused-ring (bicyclic) bond motifs is 2. The summed E-state index contributed by atoms with van der Waals surface area (Å²) >= 11 is 0. The number of benzene rings is 1. The van der Waals surface area contributed by atoms with Gasteiger partial charge < -0.3 is 9.84 Å². The van der Waals surface area contributed by atoms with Crippen molar-refractivity contribution in [2.75, 3.05) is 6.61 Å². The second-order valence-electron chi connectivity index (χ2n) is 4.43. The van der Waals surface area contributed by atoms with Crippen LogP contribution in [0, 0.1) is 5.92 Å². The van der Waals surface area contributed by atoms with Crippen molar-refractivity contribution < 1.29 is 9.84 Å². The van der Waals surface area contributed by atoms with Gasteiger partial charge in [-0.15, -0.1) is 0 Å². The highest BCUT2D eigenvalue weighted by molar-refractivity contribution is 5.36. The molecule has 1 aromatic carbocycles. The van der Waals surface area contributed by atoms with E-state index in [2.05, 4.69) is 0 Å². The number of hydrogen-bond acceptors (Lipinski definition) is 2. The van der Waals surface area contributed by atoms with Gasteiger partial charge in [0.05, 0.1) is 12.2 Å². The van der Waals surface area contributed by atoms with E-state index in [0.29, 0.717) is 5.92 Å². The third-order valence-electron chi connectivity index (χ3n) is 3.39. The van der Waals surface area contributed by atoms with Gasteiger partial charge in [0.2, 0.25) is 0 Å². The van der Waals surface area contributed by atoms with Crippen LogP contribution in [0.25, 0.3) is 0 Å². The van der Waals surface area contributed by atoms with Crippen molar-refractivity contribution in [3.63, 3.8) is 0 Å². The Morgan fingerprint density at radius 3 is 3.14 bits per heavy atom. The van der Waals surface area contributed by atoms with E-state index < -0.39 is 5.60 Å². The molecule has 1 N–H and O–H groups in total. The molecule has 74 valence electrons. The molecule has 1 heterocycles. The van der Waals surface area contributed by atoms with Gasteiger partial charge in [0.1, 0.15) is 5.75 Å². The highest BCUT2D eigenvalue weighted by Crippen LogP contribution is 2.49. The van der Waals surface area contributed by atoms with Gasteiger partial charge in [0.15, 0.2) is 0 Å². The molecule has 2 nitrogen and oxygen atoms in total. The molecule has 0 bridgehead atoms. The topological polar surface area (TPSA) is 29.5 Å². The molecule has 3 rings (SSSR count). The lowest BCUT2D eigenvalue weighted by Crippen LogP contribution is -2.19. The smallest absolute Gasteiger partial charge is 0.122 e. The summed E-state index contributed by atoms with van der Waals surface area (Å²) in [5, 5.41) is 10.1. The predicted octanol–water partition coefficient (Wildman–Crippen LogP) is 1.76. The van der Waals surface area contributed by atoms with Crippen LogP contribution in [0.3, 0.4) is 0 Å². The van der Waals surface area contributed by atoms with Crippen LogP contribution in [0.1, 0.15) is 18.4 Å². The zero-order chi connectivity index (χ0) is 9.60. The number of aliphatic hydroxyl groups is 1. The molecule has 1 aliphatic heterocycles. The molecule has 14 heavy (non-hydrogen) atoms. The zero-order valence-corrected chi connectivity index (χ0v) is 8.07. The van der Waals surface area contributed by atoms with Crippen LogP contribution in [0.15, 0.2) is 24.3 Å². The molecule has 0 spiro atoms. The summed E-state index contributed by atoms with van der Waals surface area (Å²) in [7, 11) is 0. The SMILES string of the molecule is OC12Cc3ccccc3OCCC1C2. The Morgan fingerprint density at radius 2 is 2.21 bits per heavy atom. The zero-order valence-electron chi connectivity index (χ0n) is 8.07. The predicted molar refractivity (Wildman–Crippen MR) is 53.3 cm³/mol. The van der Waals surface area contributed by atoms with Crippen LogP contribution in [0.5, 0.6) is 5.75 Å². The Labute approximate surface area is 83.5 Å². The minimum Gasteiger partial charge on any atom is -0.493 e. The largest absolute Gasteiger partial charge is 0.493 e. The quantitative estimate of drug-likeness (QED) is 0.675. The Balaban J connectivity index is 1.97. The Bertz CT molecular complexity index is 361. The van der Waals surface area contributed by atoms with Gasteiger partial charge in [-0.25, -0.2) is 0 Å². The second-order valence-corrected chi connectivity index (χ2v) is 4.43. The average molecular weight is 190 g/mol. The van der Waals surface area contributed by atoms with Crippen molar-refractivity contribution in [3.8, 4) is 5.75 Å². The van der Waals surface area contributed by atoms with Crippen LogP contribution in [-0.4, -0.2) is 17.3 Å². The maximum Gasteiger partial charge on any atom is 0.122 e. The standard InChI is InChI=1S/C12H14O2/c13-12-7-9-3-1-2-4-11(9)14-6-5-10(12)8-12/h1-4,10,13H,5-8H2. The van der Waals surface area contributed by atoms with Gasteiger partial charge in [0.25, 0.3) is 0 Å². The van der Waals surface area contributed by atoms with Crippen molar-refractivity contribution in [2.45, 2.75) is 24.9 Å². The summed E-state index contributed by atoms with van der Waals surface area (Å²) in [5.41, 5.74) is 0.733. The fraction of sp³-hybridized carbons (Fsp3) is 0.500. The van der Waals surface area contributed by atoms with E-state index in [4.69, 9.17) is 4.74 Å². The summed E-state index contributed by atoms with van der Waals surface area (Å²) in [6, 6.07) is 8.02. The molecule has 2 atom stereocenters. The van der Waals surface area contributed by atoms with Gasteiger partial charge in [-0.2, -0.15) is 0 Å². The van der Waals surface area contributed by atoms with Crippen LogP contribution < -0.4 is 4.74 Å². The Morgan fingerprint density at radius 1 is 1.36 bits per heavy atom. The minimum absolute atomic E-state index is 0.417. The first-order chi connectivity index (χ1) is 6.78. The first kappa shape index (κ1) is 8.30. The molecule has 2 heteroatoms. The summed E-state index contributed by atoms with van der Waals surface area (Å²) in [5.74, 6) is 1.42. The third-order valence-corrected chi connectivity index (χ3v) is 3.39. The lowest BCUT2D eigenvalue weighted by atomic mass is 10.0. The van der Waals surface area contributed by atoms with Crippen LogP contribution in [0.2, 0.25) is 0 Å². The molecule has 1 aromatic rings. The number of ether oxygens (including phenoxy) is 1. The van der Waals surface area contributed by atoms with Crippen LogP contribution >= 0.6 is 0 Å². The fourth-order valence-corrected chi connectivity index (χ4v) is 2.39. The highest BCUT2D eigenvalue weighted by Gasteiger charge is 2.52. The molecular formula is C12H14O2. The summed E-state index contributed by atoms with van der Waals surface area (Å²) in [6.45, 7) is 0.740. The van der Waals surface area contributed by atoms with E-state index >= 15 is 0 Å². The minimum atomic E-state index is -0.417. The molecule has 1 saturated carbocycles. The van der Waals surface area contributed by atoms with E-state index in [1.165, 1.54) is 0 Å². The molecule has 1 fully saturated rings.